The monoisotopic (exact) mass is 422 g/mol. The van der Waals surface area contributed by atoms with Crippen LogP contribution in [-0.4, -0.2) is 18.2 Å². The molecule has 2 aliphatic rings. The Kier molecular flexibility index (Phi) is 7.36. The summed E-state index contributed by atoms with van der Waals surface area (Å²) in [5.74, 6) is -0.127. The zero-order chi connectivity index (χ0) is 19.6. The van der Waals surface area contributed by atoms with Crippen LogP contribution in [0.1, 0.15) is 12.8 Å². The molecule has 4 N–H and O–H groups in total. The Morgan fingerprint density at radius 3 is 2.59 bits per heavy atom. The zero-order valence-electron chi connectivity index (χ0n) is 16.2. The van der Waals surface area contributed by atoms with Gasteiger partial charge in [0.2, 0.25) is 0 Å². The topological polar surface area (TPSA) is 73.4 Å². The third kappa shape index (κ3) is 6.03. The molecule has 8 heteroatoms. The number of dihydropyridines is 1. The summed E-state index contributed by atoms with van der Waals surface area (Å²) in [5, 5.41) is 10.8. The molecule has 0 radical (unpaired) electrons. The molecule has 1 unspecified atom stereocenters. The van der Waals surface area contributed by atoms with Crippen molar-refractivity contribution in [1.82, 2.24) is 5.32 Å². The molecule has 1 aliphatic carbocycles. The van der Waals surface area contributed by atoms with Gasteiger partial charge in [-0.05, 0) is 36.4 Å². The first-order valence-electron chi connectivity index (χ1n) is 9.11. The second-order valence-corrected chi connectivity index (χ2v) is 7.01. The van der Waals surface area contributed by atoms with Crippen molar-refractivity contribution in [1.29, 1.82) is 0 Å². The fraction of sp³-hybridized carbons (Fsp3) is 0.238. The van der Waals surface area contributed by atoms with E-state index in [4.69, 9.17) is 15.8 Å². The Bertz CT molecular complexity index is 913. The maximum absolute atomic E-state index is 14.4. The van der Waals surface area contributed by atoms with Crippen LogP contribution in [0.5, 0.6) is 5.75 Å². The number of allylic oxidation sites excluding steroid dienone is 1. The van der Waals surface area contributed by atoms with Gasteiger partial charge in [0.15, 0.2) is 11.6 Å². The normalized spacial score (nSPS) is 18.7. The maximum Gasteiger partial charge on any atom is 1.00 e. The van der Waals surface area contributed by atoms with Crippen molar-refractivity contribution in [2.24, 2.45) is 5.73 Å². The van der Waals surface area contributed by atoms with Crippen LogP contribution in [0.2, 0.25) is 0 Å². The molecule has 0 spiro atoms. The van der Waals surface area contributed by atoms with Crippen LogP contribution in [0.25, 0.3) is 5.32 Å². The van der Waals surface area contributed by atoms with Gasteiger partial charge in [-0.1, -0.05) is 30.5 Å². The average Bonchev–Trinajstić information content (AvgIpc) is 3.44. The number of nitrogens with zero attached hydrogens (tertiary/aromatic N) is 1. The Balaban J connectivity index is 0.00000240. The number of halogens is 2. The van der Waals surface area contributed by atoms with E-state index in [-0.39, 0.29) is 74.7 Å². The van der Waals surface area contributed by atoms with E-state index in [1.165, 1.54) is 18.2 Å². The molecule has 4 rings (SSSR count). The maximum atomic E-state index is 14.4. The van der Waals surface area contributed by atoms with Crippen LogP contribution in [0.4, 0.5) is 20.2 Å². The van der Waals surface area contributed by atoms with Gasteiger partial charge in [-0.2, -0.15) is 0 Å². The van der Waals surface area contributed by atoms with Crippen molar-refractivity contribution in [3.8, 4) is 5.75 Å². The summed E-state index contributed by atoms with van der Waals surface area (Å²) in [6, 6.07) is 10.9. The number of ether oxygens (including phenoxy) is 1. The van der Waals surface area contributed by atoms with Gasteiger partial charge in [-0.15, -0.1) is 5.69 Å². The fourth-order valence-corrected chi connectivity index (χ4v) is 2.94. The van der Waals surface area contributed by atoms with E-state index in [0.717, 1.165) is 18.5 Å². The minimum atomic E-state index is -0.466. The van der Waals surface area contributed by atoms with E-state index in [9.17, 15) is 8.78 Å². The SMILES string of the molecule is NC1C=C(Oc2ccc(NCC3([N-]c4ccc(F)cc4)CC3)cc2F)C=CN1.[K+]. The summed E-state index contributed by atoms with van der Waals surface area (Å²) in [6.45, 7) is 0.582. The standard InChI is InChI=1S/C21H21F2N4O.K/c22-14-1-3-15(4-2-14)27-21(8-9-21)13-26-16-5-6-19(18(23)11-16)28-17-7-10-25-20(24)12-17;/h1-7,10-12,20,25-26H,8-9,13,24H2;/q-1;+1. The molecule has 0 aromatic heterocycles. The average molecular weight is 423 g/mol. The first kappa shape index (κ1) is 22.3. The molecule has 0 saturated heterocycles. The first-order valence-corrected chi connectivity index (χ1v) is 9.11. The smallest absolute Gasteiger partial charge is 0.678 e. The van der Waals surface area contributed by atoms with Gasteiger partial charge >= 0.3 is 51.4 Å². The van der Waals surface area contributed by atoms with E-state index >= 15 is 0 Å². The molecule has 5 nitrogen and oxygen atoms in total. The van der Waals surface area contributed by atoms with Gasteiger partial charge in [-0.3, -0.25) is 0 Å². The zero-order valence-corrected chi connectivity index (χ0v) is 19.3. The number of benzene rings is 2. The number of anilines is 1. The van der Waals surface area contributed by atoms with Gasteiger partial charge in [-0.25, -0.2) is 8.78 Å². The van der Waals surface area contributed by atoms with Crippen molar-refractivity contribution in [2.45, 2.75) is 24.5 Å². The number of rotatable bonds is 7. The minimum Gasteiger partial charge on any atom is -0.678 e. The van der Waals surface area contributed by atoms with Crippen molar-refractivity contribution in [3.05, 3.63) is 83.5 Å². The van der Waals surface area contributed by atoms with E-state index < -0.39 is 5.82 Å². The Hall–Kier alpha value is -1.42. The molecule has 1 atom stereocenters. The van der Waals surface area contributed by atoms with E-state index in [2.05, 4.69) is 10.6 Å². The summed E-state index contributed by atoms with van der Waals surface area (Å²) in [7, 11) is 0. The van der Waals surface area contributed by atoms with Crippen LogP contribution < -0.4 is 72.5 Å². The quantitative estimate of drug-likeness (QED) is 0.588. The van der Waals surface area contributed by atoms with Crippen molar-refractivity contribution in [2.75, 3.05) is 11.9 Å². The summed E-state index contributed by atoms with van der Waals surface area (Å²) >= 11 is 0. The first-order chi connectivity index (χ1) is 13.5. The molecule has 0 amide bonds. The second-order valence-electron chi connectivity index (χ2n) is 7.01. The summed E-state index contributed by atoms with van der Waals surface area (Å²) < 4.78 is 33.0. The summed E-state index contributed by atoms with van der Waals surface area (Å²) in [5.41, 5.74) is 6.92. The molecule has 1 aliphatic heterocycles. The largest absolute Gasteiger partial charge is 1.00 e. The number of hydrogen-bond acceptors (Lipinski definition) is 4. The fourth-order valence-electron chi connectivity index (χ4n) is 2.94. The van der Waals surface area contributed by atoms with Gasteiger partial charge in [0, 0.05) is 24.5 Å². The van der Waals surface area contributed by atoms with Crippen molar-refractivity contribution in [3.63, 3.8) is 0 Å². The molecular weight excluding hydrogens is 401 g/mol. The van der Waals surface area contributed by atoms with Crippen LogP contribution >= 0.6 is 0 Å². The van der Waals surface area contributed by atoms with Crippen LogP contribution in [0, 0.1) is 11.6 Å². The number of nitrogens with one attached hydrogen (secondary N) is 2. The Morgan fingerprint density at radius 1 is 1.17 bits per heavy atom. The second kappa shape index (κ2) is 9.59. The molecule has 2 aromatic rings. The predicted octanol–water partition coefficient (Wildman–Crippen LogP) is 1.28. The van der Waals surface area contributed by atoms with Crippen LogP contribution in [-0.2, 0) is 0 Å². The van der Waals surface area contributed by atoms with Gasteiger partial charge in [0.25, 0.3) is 0 Å². The summed E-state index contributed by atoms with van der Waals surface area (Å²) in [6.07, 6.45) is 6.53. The van der Waals surface area contributed by atoms with Gasteiger partial charge in [0.05, 0.1) is 6.17 Å². The molecular formula is C21H21F2KN4O. The molecule has 146 valence electrons. The van der Waals surface area contributed by atoms with Crippen LogP contribution in [0.15, 0.2) is 66.6 Å². The number of hydrogen-bond donors (Lipinski definition) is 3. The van der Waals surface area contributed by atoms with Crippen LogP contribution in [0.3, 0.4) is 0 Å². The Labute approximate surface area is 211 Å². The van der Waals surface area contributed by atoms with E-state index in [0.29, 0.717) is 18.0 Å². The predicted molar refractivity (Wildman–Crippen MR) is 105 cm³/mol. The van der Waals surface area contributed by atoms with Gasteiger partial charge in [0.1, 0.15) is 11.6 Å². The van der Waals surface area contributed by atoms with E-state index in [1.54, 1.807) is 42.6 Å². The minimum absolute atomic E-state index is 0. The third-order valence-electron chi connectivity index (χ3n) is 4.68. The van der Waals surface area contributed by atoms with Crippen molar-refractivity contribution >= 4 is 11.4 Å². The number of nitrogens with two attached hydrogens (primary N) is 1. The van der Waals surface area contributed by atoms with Crippen molar-refractivity contribution < 1.29 is 64.9 Å². The van der Waals surface area contributed by atoms with Gasteiger partial charge < -0.3 is 26.4 Å². The summed E-state index contributed by atoms with van der Waals surface area (Å²) in [4.78, 5) is 0. The molecule has 1 fully saturated rings. The Morgan fingerprint density at radius 2 is 1.93 bits per heavy atom. The molecule has 0 bridgehead atoms. The molecule has 2 aromatic carbocycles. The third-order valence-corrected chi connectivity index (χ3v) is 4.68. The molecule has 29 heavy (non-hydrogen) atoms. The molecule has 1 heterocycles. The van der Waals surface area contributed by atoms with E-state index in [1.807, 2.05) is 0 Å². The molecule has 1 saturated carbocycles.